The highest BCUT2D eigenvalue weighted by molar-refractivity contribution is 6.31. The molecule has 2 aromatic rings. The third-order valence-corrected chi connectivity index (χ3v) is 4.62. The quantitative estimate of drug-likeness (QED) is 0.943. The Morgan fingerprint density at radius 2 is 2.20 bits per heavy atom. The van der Waals surface area contributed by atoms with Gasteiger partial charge in [0.05, 0.1) is 16.4 Å². The van der Waals surface area contributed by atoms with Crippen molar-refractivity contribution >= 4 is 11.6 Å². The number of nitrogens with zero attached hydrogens (tertiary/aromatic N) is 2. The van der Waals surface area contributed by atoms with E-state index in [1.165, 1.54) is 6.07 Å². The lowest BCUT2D eigenvalue weighted by Gasteiger charge is -2.43. The maximum atomic E-state index is 13.5. The summed E-state index contributed by atoms with van der Waals surface area (Å²) in [6.07, 6.45) is 0.764. The molecule has 1 fully saturated rings. The van der Waals surface area contributed by atoms with Gasteiger partial charge in [-0.25, -0.2) is 4.39 Å². The first-order valence-electron chi connectivity index (χ1n) is 6.67. The van der Waals surface area contributed by atoms with Gasteiger partial charge in [0, 0.05) is 32.0 Å². The molecule has 20 heavy (non-hydrogen) atoms. The second-order valence-corrected chi connectivity index (χ2v) is 5.92. The van der Waals surface area contributed by atoms with E-state index in [1.807, 2.05) is 24.7 Å². The number of hydrogen-bond acceptors (Lipinski definition) is 2. The zero-order valence-electron chi connectivity index (χ0n) is 11.6. The van der Waals surface area contributed by atoms with Crippen molar-refractivity contribution in [2.45, 2.75) is 18.8 Å². The molecule has 5 heteroatoms. The molecule has 1 N–H and O–H groups in total. The molecular weight excluding hydrogens is 277 g/mol. The lowest BCUT2D eigenvalue weighted by Crippen LogP contribution is -2.58. The molecule has 0 spiro atoms. The summed E-state index contributed by atoms with van der Waals surface area (Å²) in [7, 11) is 1.90. The molecule has 0 aliphatic carbocycles. The topological polar surface area (TPSA) is 29.9 Å². The number of halogens is 2. The van der Waals surface area contributed by atoms with E-state index < -0.39 is 0 Å². The van der Waals surface area contributed by atoms with Crippen molar-refractivity contribution in [3.63, 3.8) is 0 Å². The molecule has 1 aliphatic heterocycles. The largest absolute Gasteiger partial charge is 0.315 e. The third kappa shape index (κ3) is 2.13. The maximum absolute atomic E-state index is 13.5. The number of nitrogens with one attached hydrogen (secondary N) is 1. The van der Waals surface area contributed by atoms with E-state index in [9.17, 15) is 4.39 Å². The van der Waals surface area contributed by atoms with Crippen LogP contribution in [0.3, 0.4) is 0 Å². The molecular formula is C15H17ClFN3. The first-order chi connectivity index (χ1) is 9.52. The first kappa shape index (κ1) is 13.6. The minimum Gasteiger partial charge on any atom is -0.315 e. The second-order valence-electron chi connectivity index (χ2n) is 5.54. The van der Waals surface area contributed by atoms with E-state index in [1.54, 1.807) is 12.1 Å². The fourth-order valence-electron chi connectivity index (χ4n) is 2.87. The van der Waals surface area contributed by atoms with Crippen molar-refractivity contribution in [3.8, 4) is 0 Å². The van der Waals surface area contributed by atoms with Gasteiger partial charge in [-0.1, -0.05) is 23.7 Å². The lowest BCUT2D eigenvalue weighted by molar-refractivity contribution is 0.269. The minimum absolute atomic E-state index is 0.0913. The SMILES string of the molecule is Cc1nn(C)c(CC2(c3cccc(F)c3)CNC2)c1Cl. The molecule has 3 rings (SSSR count). The van der Waals surface area contributed by atoms with Gasteiger partial charge in [-0.15, -0.1) is 0 Å². The number of benzene rings is 1. The smallest absolute Gasteiger partial charge is 0.123 e. The minimum atomic E-state index is -0.193. The van der Waals surface area contributed by atoms with Gasteiger partial charge in [0.1, 0.15) is 5.82 Å². The van der Waals surface area contributed by atoms with Crippen LogP contribution < -0.4 is 5.32 Å². The molecule has 1 aromatic heterocycles. The summed E-state index contributed by atoms with van der Waals surface area (Å²) >= 11 is 6.34. The normalized spacial score (nSPS) is 17.0. The van der Waals surface area contributed by atoms with Gasteiger partial charge in [0.2, 0.25) is 0 Å². The van der Waals surface area contributed by atoms with E-state index in [2.05, 4.69) is 10.4 Å². The van der Waals surface area contributed by atoms with Crippen molar-refractivity contribution in [3.05, 3.63) is 52.1 Å². The van der Waals surface area contributed by atoms with Gasteiger partial charge in [-0.3, -0.25) is 4.68 Å². The van der Waals surface area contributed by atoms with Gasteiger partial charge in [-0.2, -0.15) is 5.10 Å². The predicted molar refractivity (Wildman–Crippen MR) is 77.6 cm³/mol. The van der Waals surface area contributed by atoms with Gasteiger partial charge in [0.25, 0.3) is 0 Å². The molecule has 106 valence electrons. The van der Waals surface area contributed by atoms with Gasteiger partial charge < -0.3 is 5.32 Å². The third-order valence-electron chi connectivity index (χ3n) is 4.13. The van der Waals surface area contributed by atoms with E-state index in [0.29, 0.717) is 0 Å². The maximum Gasteiger partial charge on any atom is 0.123 e. The van der Waals surface area contributed by atoms with Crippen LogP contribution in [0.1, 0.15) is 17.0 Å². The fraction of sp³-hybridized carbons (Fsp3) is 0.400. The zero-order valence-corrected chi connectivity index (χ0v) is 12.3. The molecule has 3 nitrogen and oxygen atoms in total. The van der Waals surface area contributed by atoms with Crippen LogP contribution in [-0.4, -0.2) is 22.9 Å². The molecule has 1 saturated heterocycles. The van der Waals surface area contributed by atoms with Crippen molar-refractivity contribution in [2.24, 2.45) is 7.05 Å². The molecule has 0 atom stereocenters. The summed E-state index contributed by atoms with van der Waals surface area (Å²) in [6, 6.07) is 6.85. The van der Waals surface area contributed by atoms with Gasteiger partial charge in [0.15, 0.2) is 0 Å². The Morgan fingerprint density at radius 3 is 2.70 bits per heavy atom. The number of aryl methyl sites for hydroxylation is 2. The highest BCUT2D eigenvalue weighted by Crippen LogP contribution is 2.35. The van der Waals surface area contributed by atoms with Crippen LogP contribution in [-0.2, 0) is 18.9 Å². The first-order valence-corrected chi connectivity index (χ1v) is 7.04. The summed E-state index contributed by atoms with van der Waals surface area (Å²) in [6.45, 7) is 3.56. The number of rotatable bonds is 3. The van der Waals surface area contributed by atoms with Crippen LogP contribution in [0, 0.1) is 12.7 Å². The zero-order chi connectivity index (χ0) is 14.3. The van der Waals surface area contributed by atoms with Crippen molar-refractivity contribution in [1.82, 2.24) is 15.1 Å². The Labute approximate surface area is 122 Å². The summed E-state index contributed by atoms with van der Waals surface area (Å²) in [5.41, 5.74) is 2.78. The van der Waals surface area contributed by atoms with E-state index in [-0.39, 0.29) is 11.2 Å². The highest BCUT2D eigenvalue weighted by atomic mass is 35.5. The van der Waals surface area contributed by atoms with E-state index >= 15 is 0 Å². The Balaban J connectivity index is 1.98. The average Bonchev–Trinajstić information content (AvgIpc) is 2.59. The van der Waals surface area contributed by atoms with Gasteiger partial charge in [-0.05, 0) is 24.6 Å². The van der Waals surface area contributed by atoms with Crippen molar-refractivity contribution < 1.29 is 4.39 Å². The van der Waals surface area contributed by atoms with Gasteiger partial charge >= 0.3 is 0 Å². The van der Waals surface area contributed by atoms with E-state index in [4.69, 9.17) is 11.6 Å². The Kier molecular flexibility index (Phi) is 3.30. The number of aromatic nitrogens is 2. The fourth-order valence-corrected chi connectivity index (χ4v) is 3.10. The summed E-state index contributed by atoms with van der Waals surface area (Å²) in [5.74, 6) is -0.193. The summed E-state index contributed by atoms with van der Waals surface area (Å²) < 4.78 is 15.3. The molecule has 2 heterocycles. The number of hydrogen-bond donors (Lipinski definition) is 1. The average molecular weight is 294 g/mol. The Bertz CT molecular complexity index is 647. The van der Waals surface area contributed by atoms with Crippen LogP contribution in [0.25, 0.3) is 0 Å². The molecule has 0 amide bonds. The van der Waals surface area contributed by atoms with E-state index in [0.717, 1.165) is 41.5 Å². The molecule has 1 aromatic carbocycles. The molecule has 0 radical (unpaired) electrons. The Morgan fingerprint density at radius 1 is 1.45 bits per heavy atom. The monoisotopic (exact) mass is 293 g/mol. The highest BCUT2D eigenvalue weighted by Gasteiger charge is 2.40. The van der Waals surface area contributed by atoms with Crippen LogP contribution >= 0.6 is 11.6 Å². The second kappa shape index (κ2) is 4.86. The van der Waals surface area contributed by atoms with Crippen molar-refractivity contribution in [1.29, 1.82) is 0 Å². The standard InChI is InChI=1S/C15H17ClFN3/c1-10-14(16)13(20(2)19-10)7-15(8-18-9-15)11-4-3-5-12(17)6-11/h3-6,18H,7-9H2,1-2H3. The molecule has 0 bridgehead atoms. The van der Waals surface area contributed by atoms with Crippen LogP contribution in [0.2, 0.25) is 5.02 Å². The van der Waals surface area contributed by atoms with Crippen molar-refractivity contribution in [2.75, 3.05) is 13.1 Å². The van der Waals surface area contributed by atoms with Crippen LogP contribution in [0.15, 0.2) is 24.3 Å². The van der Waals surface area contributed by atoms with Crippen LogP contribution in [0.5, 0.6) is 0 Å². The molecule has 0 unspecified atom stereocenters. The van der Waals surface area contributed by atoms with Crippen LogP contribution in [0.4, 0.5) is 4.39 Å². The summed E-state index contributed by atoms with van der Waals surface area (Å²) in [4.78, 5) is 0. The summed E-state index contributed by atoms with van der Waals surface area (Å²) in [5, 5.41) is 8.36. The predicted octanol–water partition coefficient (Wildman–Crippen LogP) is 2.60. The Hall–Kier alpha value is -1.39. The lowest BCUT2D eigenvalue weighted by atomic mass is 9.72. The molecule has 0 saturated carbocycles. The molecule has 1 aliphatic rings.